The van der Waals surface area contributed by atoms with E-state index >= 15 is 0 Å². The predicted molar refractivity (Wildman–Crippen MR) is 63.5 cm³/mol. The fraction of sp³-hybridized carbons (Fsp3) is 0.692. The molecular weight excluding hydrogens is 218 g/mol. The predicted octanol–water partition coefficient (Wildman–Crippen LogP) is 1.81. The van der Waals surface area contributed by atoms with E-state index < -0.39 is 12.0 Å². The Hall–Kier alpha value is -1.32. The van der Waals surface area contributed by atoms with Gasteiger partial charge in [0.15, 0.2) is 0 Å². The second kappa shape index (κ2) is 4.90. The summed E-state index contributed by atoms with van der Waals surface area (Å²) in [5.74, 6) is -0.337. The number of carboxylic acids is 1. The van der Waals surface area contributed by atoms with Crippen LogP contribution in [-0.4, -0.2) is 34.5 Å². The maximum Gasteiger partial charge on any atom is 0.326 e. The second-order valence-corrected chi connectivity index (χ2v) is 5.18. The van der Waals surface area contributed by atoms with Crippen molar-refractivity contribution in [3.8, 4) is 0 Å². The fourth-order valence-electron chi connectivity index (χ4n) is 2.76. The van der Waals surface area contributed by atoms with Gasteiger partial charge in [0.1, 0.15) is 6.04 Å². The summed E-state index contributed by atoms with van der Waals surface area (Å²) >= 11 is 0. The van der Waals surface area contributed by atoms with Crippen molar-refractivity contribution in [3.05, 3.63) is 11.6 Å². The van der Waals surface area contributed by atoms with Crippen molar-refractivity contribution >= 4 is 11.9 Å². The number of rotatable bonds is 2. The first kappa shape index (κ1) is 12.1. The zero-order chi connectivity index (χ0) is 12.4. The van der Waals surface area contributed by atoms with E-state index in [0.29, 0.717) is 18.9 Å². The van der Waals surface area contributed by atoms with Gasteiger partial charge in [0.2, 0.25) is 5.91 Å². The van der Waals surface area contributed by atoms with Gasteiger partial charge in [0.05, 0.1) is 0 Å². The summed E-state index contributed by atoms with van der Waals surface area (Å²) in [5, 5.41) is 9.02. The van der Waals surface area contributed by atoms with Crippen molar-refractivity contribution in [1.29, 1.82) is 0 Å². The molecule has 0 aromatic heterocycles. The van der Waals surface area contributed by atoms with E-state index in [1.54, 1.807) is 6.08 Å². The first-order chi connectivity index (χ1) is 8.08. The summed E-state index contributed by atoms with van der Waals surface area (Å²) in [6.07, 6.45) is 6.16. The van der Waals surface area contributed by atoms with Gasteiger partial charge in [0, 0.05) is 12.6 Å². The van der Waals surface area contributed by atoms with Crippen LogP contribution >= 0.6 is 0 Å². The molecule has 2 fully saturated rings. The Morgan fingerprint density at radius 3 is 2.76 bits per heavy atom. The topological polar surface area (TPSA) is 57.6 Å². The highest BCUT2D eigenvalue weighted by molar-refractivity contribution is 5.92. The van der Waals surface area contributed by atoms with Crippen LogP contribution in [0.2, 0.25) is 0 Å². The molecule has 1 heterocycles. The number of hydrogen-bond acceptors (Lipinski definition) is 2. The molecule has 2 aliphatic rings. The van der Waals surface area contributed by atoms with Gasteiger partial charge in [-0.25, -0.2) is 4.79 Å². The smallest absolute Gasteiger partial charge is 0.326 e. The van der Waals surface area contributed by atoms with Crippen LogP contribution in [0.25, 0.3) is 0 Å². The summed E-state index contributed by atoms with van der Waals surface area (Å²) in [4.78, 5) is 24.5. The minimum Gasteiger partial charge on any atom is -0.480 e. The van der Waals surface area contributed by atoms with Gasteiger partial charge in [-0.05, 0) is 38.0 Å². The van der Waals surface area contributed by atoms with Gasteiger partial charge in [-0.3, -0.25) is 4.79 Å². The normalized spacial score (nSPS) is 31.1. The average Bonchev–Trinajstić information content (AvgIpc) is 2.86. The summed E-state index contributed by atoms with van der Waals surface area (Å²) in [7, 11) is 0. The first-order valence-electron chi connectivity index (χ1n) is 6.31. The Labute approximate surface area is 101 Å². The number of carbonyl (C=O) groups excluding carboxylic acids is 1. The van der Waals surface area contributed by atoms with Crippen molar-refractivity contribution < 1.29 is 14.7 Å². The Morgan fingerprint density at radius 2 is 2.18 bits per heavy atom. The minimum atomic E-state index is -0.881. The highest BCUT2D eigenvalue weighted by atomic mass is 16.4. The van der Waals surface area contributed by atoms with E-state index in [1.807, 2.05) is 0 Å². The highest BCUT2D eigenvalue weighted by Gasteiger charge is 2.33. The van der Waals surface area contributed by atoms with Crippen LogP contribution in [0.4, 0.5) is 0 Å². The van der Waals surface area contributed by atoms with E-state index in [-0.39, 0.29) is 5.91 Å². The molecule has 0 radical (unpaired) electrons. The van der Waals surface area contributed by atoms with Crippen LogP contribution in [0, 0.1) is 5.92 Å². The van der Waals surface area contributed by atoms with Crippen molar-refractivity contribution in [3.63, 3.8) is 0 Å². The van der Waals surface area contributed by atoms with Crippen molar-refractivity contribution in [1.82, 2.24) is 4.90 Å². The molecular formula is C13H19NO3. The van der Waals surface area contributed by atoms with E-state index in [9.17, 15) is 9.59 Å². The van der Waals surface area contributed by atoms with Crippen LogP contribution in [-0.2, 0) is 9.59 Å². The third-order valence-electron chi connectivity index (χ3n) is 3.72. The number of allylic oxidation sites excluding steroid dienone is 1. The fourth-order valence-corrected chi connectivity index (χ4v) is 2.76. The van der Waals surface area contributed by atoms with Crippen molar-refractivity contribution in [2.75, 3.05) is 6.54 Å². The van der Waals surface area contributed by atoms with Crippen LogP contribution < -0.4 is 0 Å². The van der Waals surface area contributed by atoms with Crippen molar-refractivity contribution in [2.45, 2.75) is 45.1 Å². The van der Waals surface area contributed by atoms with Crippen molar-refractivity contribution in [2.24, 2.45) is 5.92 Å². The number of hydrogen-bond donors (Lipinski definition) is 1. The monoisotopic (exact) mass is 237 g/mol. The number of nitrogens with zero attached hydrogens (tertiary/aromatic N) is 1. The molecule has 1 saturated carbocycles. The second-order valence-electron chi connectivity index (χ2n) is 5.18. The highest BCUT2D eigenvalue weighted by Crippen LogP contribution is 2.30. The molecule has 0 bridgehead atoms. The van der Waals surface area contributed by atoms with Gasteiger partial charge in [-0.1, -0.05) is 12.5 Å². The molecule has 1 saturated heterocycles. The van der Waals surface area contributed by atoms with E-state index in [4.69, 9.17) is 5.11 Å². The number of amides is 1. The standard InChI is InChI=1S/C13H19NO3/c1-9-4-5-10(7-9)8-12(15)14-6-2-3-11(14)13(16)17/h8-9,11H,2-7H2,1H3,(H,16,17)/b10-8+/t9-,11-/m1/s1. The molecule has 1 amide bonds. The maximum absolute atomic E-state index is 12.0. The number of carbonyl (C=O) groups is 2. The molecule has 0 aromatic rings. The Bertz CT molecular complexity index is 362. The molecule has 1 aliphatic carbocycles. The largest absolute Gasteiger partial charge is 0.480 e. The van der Waals surface area contributed by atoms with Crippen LogP contribution in [0.15, 0.2) is 11.6 Å². The van der Waals surface area contributed by atoms with Crippen LogP contribution in [0.5, 0.6) is 0 Å². The first-order valence-corrected chi connectivity index (χ1v) is 6.31. The van der Waals surface area contributed by atoms with Crippen LogP contribution in [0.1, 0.15) is 39.0 Å². The SMILES string of the molecule is C[C@@H]1CC/C(=C\C(=O)N2CCC[C@@H]2C(=O)O)C1. The lowest BCUT2D eigenvalue weighted by Crippen LogP contribution is -2.39. The third kappa shape index (κ3) is 2.68. The average molecular weight is 237 g/mol. The summed E-state index contributed by atoms with van der Waals surface area (Å²) in [5.41, 5.74) is 1.18. The lowest BCUT2D eigenvalue weighted by atomic mass is 10.1. The Balaban J connectivity index is 2.02. The lowest BCUT2D eigenvalue weighted by Gasteiger charge is -2.19. The molecule has 4 heteroatoms. The van der Waals surface area contributed by atoms with Gasteiger partial charge in [0.25, 0.3) is 0 Å². The zero-order valence-corrected chi connectivity index (χ0v) is 10.2. The summed E-state index contributed by atoms with van der Waals surface area (Å²) in [6.45, 7) is 2.76. The molecule has 0 spiro atoms. The van der Waals surface area contributed by atoms with E-state index in [2.05, 4.69) is 6.92 Å². The molecule has 1 aliphatic heterocycles. The molecule has 2 atom stereocenters. The Morgan fingerprint density at radius 1 is 1.41 bits per heavy atom. The molecule has 94 valence electrons. The number of likely N-dealkylation sites (tertiary alicyclic amines) is 1. The quantitative estimate of drug-likeness (QED) is 0.745. The number of aliphatic carboxylic acids is 1. The number of carboxylic acid groups (broad SMARTS) is 1. The zero-order valence-electron chi connectivity index (χ0n) is 10.2. The van der Waals surface area contributed by atoms with Crippen LogP contribution in [0.3, 0.4) is 0 Å². The van der Waals surface area contributed by atoms with Gasteiger partial charge in [-0.2, -0.15) is 0 Å². The molecule has 0 unspecified atom stereocenters. The van der Waals surface area contributed by atoms with Gasteiger partial charge in [-0.15, -0.1) is 0 Å². The summed E-state index contributed by atoms with van der Waals surface area (Å²) < 4.78 is 0. The summed E-state index contributed by atoms with van der Waals surface area (Å²) in [6, 6.07) is -0.613. The maximum atomic E-state index is 12.0. The van der Waals surface area contributed by atoms with Gasteiger partial charge < -0.3 is 10.0 Å². The molecule has 1 N–H and O–H groups in total. The lowest BCUT2D eigenvalue weighted by molar-refractivity contribution is -0.146. The van der Waals surface area contributed by atoms with E-state index in [0.717, 1.165) is 25.7 Å². The molecule has 0 aromatic carbocycles. The van der Waals surface area contributed by atoms with Gasteiger partial charge >= 0.3 is 5.97 Å². The minimum absolute atomic E-state index is 0.112. The third-order valence-corrected chi connectivity index (χ3v) is 3.72. The Kier molecular flexibility index (Phi) is 3.50. The molecule has 17 heavy (non-hydrogen) atoms. The molecule has 4 nitrogen and oxygen atoms in total. The molecule has 2 rings (SSSR count). The van der Waals surface area contributed by atoms with E-state index in [1.165, 1.54) is 10.5 Å².